The zero-order valence-electron chi connectivity index (χ0n) is 12.5. The quantitative estimate of drug-likeness (QED) is 0.669. The third kappa shape index (κ3) is 4.49. The van der Waals surface area contributed by atoms with E-state index in [1.807, 2.05) is 18.4 Å². The van der Waals surface area contributed by atoms with Crippen LogP contribution >= 0.6 is 11.3 Å². The van der Waals surface area contributed by atoms with E-state index in [1.54, 1.807) is 0 Å². The van der Waals surface area contributed by atoms with Gasteiger partial charge in [0.2, 0.25) is 0 Å². The van der Waals surface area contributed by atoms with E-state index >= 15 is 0 Å². The summed E-state index contributed by atoms with van der Waals surface area (Å²) in [7, 11) is 1.86. The van der Waals surface area contributed by atoms with Crippen LogP contribution in [-0.4, -0.2) is 50.3 Å². The highest BCUT2D eigenvalue weighted by molar-refractivity contribution is 7.09. The zero-order valence-corrected chi connectivity index (χ0v) is 13.3. The van der Waals surface area contributed by atoms with Crippen LogP contribution in [0, 0.1) is 0 Å². The van der Waals surface area contributed by atoms with Gasteiger partial charge >= 0.3 is 0 Å². The molecule has 1 aromatic rings. The van der Waals surface area contributed by atoms with Crippen LogP contribution in [0.5, 0.6) is 0 Å². The smallest absolute Gasteiger partial charge is 0.193 e. The Kier molecular flexibility index (Phi) is 6.33. The molecule has 1 aliphatic heterocycles. The monoisotopic (exact) mass is 295 g/mol. The average molecular weight is 295 g/mol. The highest BCUT2D eigenvalue weighted by Crippen LogP contribution is 2.14. The van der Waals surface area contributed by atoms with Gasteiger partial charge in [-0.25, -0.2) is 0 Å². The number of aliphatic imine (C=N–C) groups is 1. The number of rotatable bonds is 5. The fourth-order valence-electron chi connectivity index (χ4n) is 2.55. The Bertz CT molecular complexity index is 397. The Morgan fingerprint density at radius 2 is 2.30 bits per heavy atom. The molecule has 0 aromatic carbocycles. The minimum absolute atomic E-state index is 0.431. The summed E-state index contributed by atoms with van der Waals surface area (Å²) in [6.07, 6.45) is 3.69. The van der Waals surface area contributed by atoms with Gasteiger partial charge in [0.05, 0.1) is 6.10 Å². The van der Waals surface area contributed by atoms with Crippen molar-refractivity contribution in [3.63, 3.8) is 0 Å². The highest BCUT2D eigenvalue weighted by atomic mass is 32.1. The van der Waals surface area contributed by atoms with Crippen molar-refractivity contribution in [2.75, 3.05) is 33.3 Å². The molecule has 0 spiro atoms. The standard InChI is InChI=1S/C15H25N3OS/c1-3-19-13-7-10-18(11-8-13)15(16-2)17-9-6-14-5-4-12-20-14/h4-5,12-13H,3,6-11H2,1-2H3,(H,16,17). The Morgan fingerprint density at radius 1 is 1.50 bits per heavy atom. The predicted molar refractivity (Wildman–Crippen MR) is 85.6 cm³/mol. The fourth-order valence-corrected chi connectivity index (χ4v) is 3.26. The Balaban J connectivity index is 1.72. The molecule has 1 aromatic heterocycles. The van der Waals surface area contributed by atoms with Gasteiger partial charge in [-0.1, -0.05) is 6.07 Å². The molecule has 0 amide bonds. The molecule has 4 nitrogen and oxygen atoms in total. The van der Waals surface area contributed by atoms with Crippen LogP contribution in [0.2, 0.25) is 0 Å². The Labute approximate surface area is 125 Å². The summed E-state index contributed by atoms with van der Waals surface area (Å²) in [5.74, 6) is 1.02. The number of nitrogens with zero attached hydrogens (tertiary/aromatic N) is 2. The molecule has 5 heteroatoms. The molecule has 1 N–H and O–H groups in total. The van der Waals surface area contributed by atoms with Crippen LogP contribution in [0.3, 0.4) is 0 Å². The van der Waals surface area contributed by atoms with Crippen molar-refractivity contribution in [3.8, 4) is 0 Å². The molecular formula is C15H25N3OS. The van der Waals surface area contributed by atoms with Crippen LogP contribution < -0.4 is 5.32 Å². The van der Waals surface area contributed by atoms with Crippen LogP contribution in [0.15, 0.2) is 22.5 Å². The molecule has 2 heterocycles. The largest absolute Gasteiger partial charge is 0.378 e. The van der Waals surface area contributed by atoms with E-state index in [0.717, 1.165) is 51.5 Å². The molecular weight excluding hydrogens is 270 g/mol. The Hall–Kier alpha value is -1.07. The summed E-state index contributed by atoms with van der Waals surface area (Å²) in [5, 5.41) is 5.59. The summed E-state index contributed by atoms with van der Waals surface area (Å²) in [6.45, 7) is 5.89. The number of hydrogen-bond acceptors (Lipinski definition) is 3. The summed E-state index contributed by atoms with van der Waals surface area (Å²) >= 11 is 1.81. The van der Waals surface area contributed by atoms with Gasteiger partial charge in [-0.15, -0.1) is 11.3 Å². The fraction of sp³-hybridized carbons (Fsp3) is 0.667. The normalized spacial score (nSPS) is 17.5. The van der Waals surface area contributed by atoms with Gasteiger partial charge in [0.1, 0.15) is 0 Å². The van der Waals surface area contributed by atoms with Crippen molar-refractivity contribution in [1.82, 2.24) is 10.2 Å². The van der Waals surface area contributed by atoms with Gasteiger partial charge in [0.25, 0.3) is 0 Å². The first-order valence-corrected chi connectivity index (χ1v) is 8.31. The molecule has 112 valence electrons. The number of thiophene rings is 1. The number of likely N-dealkylation sites (tertiary alicyclic amines) is 1. The SMILES string of the molecule is CCOC1CCN(C(=NC)NCCc2cccs2)CC1. The van der Waals surface area contributed by atoms with E-state index in [2.05, 4.69) is 39.6 Å². The molecule has 0 atom stereocenters. The lowest BCUT2D eigenvalue weighted by Gasteiger charge is -2.34. The maximum absolute atomic E-state index is 5.69. The first kappa shape index (κ1) is 15.3. The van der Waals surface area contributed by atoms with E-state index in [0.29, 0.717) is 6.10 Å². The highest BCUT2D eigenvalue weighted by Gasteiger charge is 2.21. The van der Waals surface area contributed by atoms with Crippen LogP contribution in [-0.2, 0) is 11.2 Å². The van der Waals surface area contributed by atoms with Gasteiger partial charge < -0.3 is 15.0 Å². The van der Waals surface area contributed by atoms with Gasteiger partial charge in [-0.3, -0.25) is 4.99 Å². The number of ether oxygens (including phenoxy) is 1. The van der Waals surface area contributed by atoms with Gasteiger partial charge in [0, 0.05) is 38.2 Å². The van der Waals surface area contributed by atoms with Crippen molar-refractivity contribution >= 4 is 17.3 Å². The van der Waals surface area contributed by atoms with Crippen molar-refractivity contribution in [2.24, 2.45) is 4.99 Å². The maximum Gasteiger partial charge on any atom is 0.193 e. The van der Waals surface area contributed by atoms with E-state index in [1.165, 1.54) is 4.88 Å². The summed E-state index contributed by atoms with van der Waals surface area (Å²) in [6, 6.07) is 4.29. The molecule has 0 aliphatic carbocycles. The van der Waals surface area contributed by atoms with Gasteiger partial charge in [-0.2, -0.15) is 0 Å². The third-order valence-electron chi connectivity index (χ3n) is 3.59. The molecule has 0 saturated carbocycles. The summed E-state index contributed by atoms with van der Waals surface area (Å²) < 4.78 is 5.69. The second-order valence-electron chi connectivity index (χ2n) is 4.95. The minimum atomic E-state index is 0.431. The number of nitrogens with one attached hydrogen (secondary N) is 1. The van der Waals surface area contributed by atoms with E-state index in [9.17, 15) is 0 Å². The van der Waals surface area contributed by atoms with Crippen LogP contribution in [0.1, 0.15) is 24.6 Å². The first-order valence-electron chi connectivity index (χ1n) is 7.43. The summed E-state index contributed by atoms with van der Waals surface area (Å²) in [4.78, 5) is 8.15. The molecule has 1 saturated heterocycles. The van der Waals surface area contributed by atoms with Gasteiger partial charge in [-0.05, 0) is 37.6 Å². The molecule has 2 rings (SSSR count). The van der Waals surface area contributed by atoms with Crippen molar-refractivity contribution in [3.05, 3.63) is 22.4 Å². The molecule has 0 bridgehead atoms. The van der Waals surface area contributed by atoms with E-state index < -0.39 is 0 Å². The number of guanidine groups is 1. The first-order chi connectivity index (χ1) is 9.83. The molecule has 20 heavy (non-hydrogen) atoms. The lowest BCUT2D eigenvalue weighted by molar-refractivity contribution is 0.0264. The van der Waals surface area contributed by atoms with E-state index in [-0.39, 0.29) is 0 Å². The second kappa shape index (κ2) is 8.27. The number of piperidine rings is 1. The minimum Gasteiger partial charge on any atom is -0.378 e. The van der Waals surface area contributed by atoms with Gasteiger partial charge in [0.15, 0.2) is 5.96 Å². The van der Waals surface area contributed by atoms with E-state index in [4.69, 9.17) is 4.74 Å². The second-order valence-corrected chi connectivity index (χ2v) is 5.98. The predicted octanol–water partition coefficient (Wildman–Crippen LogP) is 2.37. The van der Waals surface area contributed by atoms with Crippen LogP contribution in [0.25, 0.3) is 0 Å². The molecule has 1 fully saturated rings. The number of hydrogen-bond donors (Lipinski definition) is 1. The lowest BCUT2D eigenvalue weighted by atomic mass is 10.1. The van der Waals surface area contributed by atoms with Crippen LogP contribution in [0.4, 0.5) is 0 Å². The average Bonchev–Trinajstić information content (AvgIpc) is 2.98. The lowest BCUT2D eigenvalue weighted by Crippen LogP contribution is -2.47. The molecule has 0 radical (unpaired) electrons. The maximum atomic E-state index is 5.69. The Morgan fingerprint density at radius 3 is 2.90 bits per heavy atom. The topological polar surface area (TPSA) is 36.9 Å². The van der Waals surface area contributed by atoms with Crippen molar-refractivity contribution < 1.29 is 4.74 Å². The molecule has 0 unspecified atom stereocenters. The molecule has 1 aliphatic rings. The van der Waals surface area contributed by atoms with Crippen molar-refractivity contribution in [1.29, 1.82) is 0 Å². The summed E-state index contributed by atoms with van der Waals surface area (Å²) in [5.41, 5.74) is 0. The third-order valence-corrected chi connectivity index (χ3v) is 4.53. The zero-order chi connectivity index (χ0) is 14.2. The van der Waals surface area contributed by atoms with Crippen molar-refractivity contribution in [2.45, 2.75) is 32.3 Å².